The number of non-ortho nitro benzene ring substituents is 1. The van der Waals surface area contributed by atoms with Gasteiger partial charge < -0.3 is 9.05 Å². The van der Waals surface area contributed by atoms with E-state index in [0.29, 0.717) is 28.0 Å². The lowest BCUT2D eigenvalue weighted by Gasteiger charge is -2.06. The molecule has 0 aliphatic carbocycles. The first kappa shape index (κ1) is 17.3. The summed E-state index contributed by atoms with van der Waals surface area (Å²) in [5, 5.41) is 21.7. The van der Waals surface area contributed by atoms with E-state index < -0.39 is 10.8 Å². The SMILES string of the molecule is Cc1cc(NC(=O)c2cc(-c3cccc([N+](=O)[O-])c3)nc3onc(C)c23)on1. The molecule has 4 aromatic rings. The number of hydrogen-bond acceptors (Lipinski definition) is 8. The summed E-state index contributed by atoms with van der Waals surface area (Å²) in [5.74, 6) is -0.278. The van der Waals surface area contributed by atoms with Gasteiger partial charge in [0.1, 0.15) is 0 Å². The number of nitrogens with one attached hydrogen (secondary N) is 1. The molecule has 0 aliphatic heterocycles. The van der Waals surface area contributed by atoms with Gasteiger partial charge in [0.15, 0.2) is 0 Å². The number of carbonyl (C=O) groups excluding carboxylic acids is 1. The summed E-state index contributed by atoms with van der Waals surface area (Å²) in [6.07, 6.45) is 0. The number of aromatic nitrogens is 3. The van der Waals surface area contributed by atoms with Crippen molar-refractivity contribution in [2.24, 2.45) is 0 Å². The number of anilines is 1. The molecule has 4 rings (SSSR count). The van der Waals surface area contributed by atoms with Gasteiger partial charge in [-0.3, -0.25) is 20.2 Å². The first-order valence-corrected chi connectivity index (χ1v) is 8.19. The van der Waals surface area contributed by atoms with Crippen LogP contribution in [-0.4, -0.2) is 26.1 Å². The summed E-state index contributed by atoms with van der Waals surface area (Å²) in [5.41, 5.74) is 2.23. The van der Waals surface area contributed by atoms with Gasteiger partial charge >= 0.3 is 0 Å². The molecule has 0 fully saturated rings. The van der Waals surface area contributed by atoms with Crippen molar-refractivity contribution in [2.45, 2.75) is 13.8 Å². The van der Waals surface area contributed by atoms with Crippen LogP contribution < -0.4 is 5.32 Å². The largest absolute Gasteiger partial charge is 0.338 e. The Morgan fingerprint density at radius 1 is 1.14 bits per heavy atom. The van der Waals surface area contributed by atoms with Gasteiger partial charge in [-0.05, 0) is 19.9 Å². The van der Waals surface area contributed by atoms with Gasteiger partial charge in [0.25, 0.3) is 17.3 Å². The minimum absolute atomic E-state index is 0.0868. The molecule has 0 unspecified atom stereocenters. The fourth-order valence-corrected chi connectivity index (χ4v) is 2.80. The number of nitro groups is 1. The van der Waals surface area contributed by atoms with Crippen molar-refractivity contribution in [3.8, 4) is 11.3 Å². The van der Waals surface area contributed by atoms with E-state index in [1.54, 1.807) is 32.0 Å². The third-order valence-corrected chi connectivity index (χ3v) is 4.08. The van der Waals surface area contributed by atoms with Crippen LogP contribution in [0.25, 0.3) is 22.4 Å². The van der Waals surface area contributed by atoms with Crippen LogP contribution in [0.2, 0.25) is 0 Å². The summed E-state index contributed by atoms with van der Waals surface area (Å²) >= 11 is 0. The Balaban J connectivity index is 1.83. The number of benzene rings is 1. The number of fused-ring (bicyclic) bond motifs is 1. The minimum Gasteiger partial charge on any atom is -0.338 e. The second-order valence-electron chi connectivity index (χ2n) is 6.10. The number of aryl methyl sites for hydroxylation is 2. The van der Waals surface area contributed by atoms with Gasteiger partial charge in [-0.1, -0.05) is 22.4 Å². The van der Waals surface area contributed by atoms with E-state index in [1.165, 1.54) is 18.2 Å². The quantitative estimate of drug-likeness (QED) is 0.419. The standard InChI is InChI=1S/C18H13N5O5/c1-9-6-15(27-21-9)20-17(24)13-8-14(19-18-16(13)10(2)22-28-18)11-4-3-5-12(7-11)23(25)26/h3-8H,1-2H3,(H,20,24). The van der Waals surface area contributed by atoms with E-state index in [-0.39, 0.29) is 22.8 Å². The predicted molar refractivity (Wildman–Crippen MR) is 97.8 cm³/mol. The van der Waals surface area contributed by atoms with Crippen LogP contribution >= 0.6 is 0 Å². The van der Waals surface area contributed by atoms with E-state index in [1.807, 2.05) is 0 Å². The molecular formula is C18H13N5O5. The number of nitrogens with zero attached hydrogens (tertiary/aromatic N) is 4. The molecule has 0 saturated heterocycles. The number of hydrogen-bond donors (Lipinski definition) is 1. The van der Waals surface area contributed by atoms with E-state index in [9.17, 15) is 14.9 Å². The zero-order valence-corrected chi connectivity index (χ0v) is 14.8. The minimum atomic E-state index is -0.500. The van der Waals surface area contributed by atoms with Crippen molar-refractivity contribution < 1.29 is 18.8 Å². The molecular weight excluding hydrogens is 366 g/mol. The van der Waals surface area contributed by atoms with Gasteiger partial charge in [0, 0.05) is 23.8 Å². The number of pyridine rings is 1. The Kier molecular flexibility index (Phi) is 4.07. The summed E-state index contributed by atoms with van der Waals surface area (Å²) < 4.78 is 10.2. The van der Waals surface area contributed by atoms with E-state index in [4.69, 9.17) is 9.05 Å². The van der Waals surface area contributed by atoms with Crippen LogP contribution in [0.5, 0.6) is 0 Å². The fraction of sp³-hybridized carbons (Fsp3) is 0.111. The maximum absolute atomic E-state index is 12.8. The highest BCUT2D eigenvalue weighted by atomic mass is 16.6. The number of carbonyl (C=O) groups is 1. The lowest BCUT2D eigenvalue weighted by molar-refractivity contribution is -0.384. The van der Waals surface area contributed by atoms with Crippen molar-refractivity contribution >= 4 is 28.6 Å². The van der Waals surface area contributed by atoms with Gasteiger partial charge in [-0.2, -0.15) is 0 Å². The maximum Gasteiger partial charge on any atom is 0.270 e. The molecule has 140 valence electrons. The Morgan fingerprint density at radius 3 is 2.68 bits per heavy atom. The molecule has 3 heterocycles. The molecule has 3 aromatic heterocycles. The molecule has 0 saturated carbocycles. The molecule has 1 N–H and O–H groups in total. The monoisotopic (exact) mass is 379 g/mol. The molecule has 1 aromatic carbocycles. The fourth-order valence-electron chi connectivity index (χ4n) is 2.80. The lowest BCUT2D eigenvalue weighted by atomic mass is 10.0. The van der Waals surface area contributed by atoms with Crippen LogP contribution in [-0.2, 0) is 0 Å². The average molecular weight is 379 g/mol. The Hall–Kier alpha value is -4.08. The van der Waals surface area contributed by atoms with Crippen LogP contribution in [0.4, 0.5) is 11.6 Å². The van der Waals surface area contributed by atoms with E-state index in [0.717, 1.165) is 0 Å². The summed E-state index contributed by atoms with van der Waals surface area (Å²) in [6.45, 7) is 3.42. The normalized spacial score (nSPS) is 10.9. The summed E-state index contributed by atoms with van der Waals surface area (Å²) in [6, 6.07) is 9.07. The number of rotatable bonds is 4. The molecule has 0 aliphatic rings. The first-order valence-electron chi connectivity index (χ1n) is 8.19. The topological polar surface area (TPSA) is 137 Å². The second-order valence-corrected chi connectivity index (χ2v) is 6.10. The molecule has 28 heavy (non-hydrogen) atoms. The number of amides is 1. The Bertz CT molecular complexity index is 1230. The summed E-state index contributed by atoms with van der Waals surface area (Å²) in [7, 11) is 0. The van der Waals surface area contributed by atoms with Crippen molar-refractivity contribution in [1.82, 2.24) is 15.3 Å². The zero-order chi connectivity index (χ0) is 19.8. The van der Waals surface area contributed by atoms with E-state index >= 15 is 0 Å². The van der Waals surface area contributed by atoms with Gasteiger partial charge in [0.2, 0.25) is 5.88 Å². The highest BCUT2D eigenvalue weighted by Gasteiger charge is 2.21. The van der Waals surface area contributed by atoms with E-state index in [2.05, 4.69) is 20.6 Å². The predicted octanol–water partition coefficient (Wildman–Crippen LogP) is 3.66. The second kappa shape index (κ2) is 6.58. The van der Waals surface area contributed by atoms with Crippen LogP contribution in [0.15, 0.2) is 45.4 Å². The maximum atomic E-state index is 12.8. The highest BCUT2D eigenvalue weighted by molar-refractivity contribution is 6.12. The molecule has 0 atom stereocenters. The van der Waals surface area contributed by atoms with Crippen molar-refractivity contribution in [1.29, 1.82) is 0 Å². The number of nitro benzene ring substituents is 1. The van der Waals surface area contributed by atoms with Gasteiger partial charge in [0.05, 0.1) is 33.0 Å². The molecule has 0 radical (unpaired) electrons. The molecule has 0 spiro atoms. The Labute approximate surface area is 157 Å². The van der Waals surface area contributed by atoms with Crippen molar-refractivity contribution in [3.05, 3.63) is 63.5 Å². The molecule has 0 bridgehead atoms. The third-order valence-electron chi connectivity index (χ3n) is 4.08. The van der Waals surface area contributed by atoms with Crippen molar-refractivity contribution in [2.75, 3.05) is 5.32 Å². The van der Waals surface area contributed by atoms with Crippen LogP contribution in [0.1, 0.15) is 21.7 Å². The summed E-state index contributed by atoms with van der Waals surface area (Å²) in [4.78, 5) is 27.8. The lowest BCUT2D eigenvalue weighted by Crippen LogP contribution is -2.12. The zero-order valence-electron chi connectivity index (χ0n) is 14.8. The third kappa shape index (κ3) is 3.07. The molecule has 10 nitrogen and oxygen atoms in total. The average Bonchev–Trinajstić information content (AvgIpc) is 3.26. The Morgan fingerprint density at radius 2 is 1.96 bits per heavy atom. The van der Waals surface area contributed by atoms with Gasteiger partial charge in [-0.25, -0.2) is 4.98 Å². The molecule has 1 amide bonds. The molecule has 10 heteroatoms. The van der Waals surface area contributed by atoms with Crippen molar-refractivity contribution in [3.63, 3.8) is 0 Å². The van der Waals surface area contributed by atoms with Gasteiger partial charge in [-0.15, -0.1) is 0 Å². The highest BCUT2D eigenvalue weighted by Crippen LogP contribution is 2.29. The smallest absolute Gasteiger partial charge is 0.270 e. The van der Waals surface area contributed by atoms with Crippen LogP contribution in [0.3, 0.4) is 0 Å². The first-order chi connectivity index (χ1) is 13.4. The van der Waals surface area contributed by atoms with Crippen LogP contribution in [0, 0.1) is 24.0 Å².